The summed E-state index contributed by atoms with van der Waals surface area (Å²) in [4.78, 5) is 32.4. The van der Waals surface area contributed by atoms with Gasteiger partial charge in [0.2, 0.25) is 5.91 Å². The standard InChI is InChI=1S/C33H36FN5O3/c1-21(29-20-36-30-5-3-2-4-28(29)30)31(32(40)37-25-9-6-22-12-15-35-19-23(22)18-25)38-33(41)39-16-13-27(14-17-39)42-26-10-7-24(34)8-11-26/h2-11,18,20-21,27,31,35-36H,12-17,19H2,1H3,(H,37,40)(H,38,41). The maximum atomic E-state index is 13.8. The summed E-state index contributed by atoms with van der Waals surface area (Å²) >= 11 is 0. The number of amides is 3. The fourth-order valence-electron chi connectivity index (χ4n) is 5.95. The van der Waals surface area contributed by atoms with Gasteiger partial charge < -0.3 is 30.6 Å². The Morgan fingerprint density at radius 2 is 1.81 bits per heavy atom. The Morgan fingerprint density at radius 3 is 2.62 bits per heavy atom. The quantitative estimate of drug-likeness (QED) is 0.242. The molecule has 42 heavy (non-hydrogen) atoms. The highest BCUT2D eigenvalue weighted by molar-refractivity contribution is 5.98. The molecule has 4 N–H and O–H groups in total. The number of benzene rings is 3. The lowest BCUT2D eigenvalue weighted by atomic mass is 9.92. The minimum atomic E-state index is -0.806. The first-order valence-corrected chi connectivity index (χ1v) is 14.6. The Labute approximate surface area is 244 Å². The Balaban J connectivity index is 1.16. The summed E-state index contributed by atoms with van der Waals surface area (Å²) in [5.41, 5.74) is 5.12. The highest BCUT2D eigenvalue weighted by atomic mass is 19.1. The van der Waals surface area contributed by atoms with E-state index in [1.807, 2.05) is 49.5 Å². The van der Waals surface area contributed by atoms with Crippen molar-refractivity contribution < 1.29 is 18.7 Å². The van der Waals surface area contributed by atoms with Crippen LogP contribution in [0.3, 0.4) is 0 Å². The molecule has 8 nitrogen and oxygen atoms in total. The maximum Gasteiger partial charge on any atom is 0.318 e. The molecule has 3 heterocycles. The van der Waals surface area contributed by atoms with E-state index in [4.69, 9.17) is 4.74 Å². The number of ether oxygens (including phenoxy) is 1. The minimum absolute atomic E-state index is 0.0674. The van der Waals surface area contributed by atoms with Gasteiger partial charge in [-0.1, -0.05) is 31.2 Å². The molecule has 2 atom stereocenters. The van der Waals surface area contributed by atoms with Gasteiger partial charge in [0, 0.05) is 61.2 Å². The van der Waals surface area contributed by atoms with E-state index in [9.17, 15) is 14.0 Å². The number of urea groups is 1. The number of halogens is 1. The largest absolute Gasteiger partial charge is 0.490 e. The third-order valence-corrected chi connectivity index (χ3v) is 8.38. The first-order chi connectivity index (χ1) is 20.4. The number of piperidine rings is 1. The van der Waals surface area contributed by atoms with Crippen LogP contribution in [0.5, 0.6) is 5.75 Å². The van der Waals surface area contributed by atoms with Crippen LogP contribution in [0, 0.1) is 5.82 Å². The van der Waals surface area contributed by atoms with Gasteiger partial charge in [-0.2, -0.15) is 0 Å². The van der Waals surface area contributed by atoms with Gasteiger partial charge in [-0.15, -0.1) is 0 Å². The van der Waals surface area contributed by atoms with Gasteiger partial charge in [0.25, 0.3) is 0 Å². The van der Waals surface area contributed by atoms with Crippen LogP contribution in [0.1, 0.15) is 42.4 Å². The van der Waals surface area contributed by atoms with Crippen molar-refractivity contribution in [3.8, 4) is 5.75 Å². The van der Waals surface area contributed by atoms with Gasteiger partial charge in [-0.25, -0.2) is 9.18 Å². The predicted octanol–water partition coefficient (Wildman–Crippen LogP) is 5.32. The van der Waals surface area contributed by atoms with Crippen LogP contribution in [0.15, 0.2) is 72.9 Å². The summed E-state index contributed by atoms with van der Waals surface area (Å²) in [5, 5.41) is 10.5. The Hall–Kier alpha value is -4.37. The Morgan fingerprint density at radius 1 is 1.02 bits per heavy atom. The summed E-state index contributed by atoms with van der Waals surface area (Å²) in [7, 11) is 0. The molecule has 3 amide bonds. The summed E-state index contributed by atoms with van der Waals surface area (Å²) in [6.07, 6.45) is 4.10. The number of nitrogens with zero attached hydrogens (tertiary/aromatic N) is 1. The van der Waals surface area contributed by atoms with E-state index in [1.165, 1.54) is 23.3 Å². The number of H-pyrrole nitrogens is 1. The van der Waals surface area contributed by atoms with Gasteiger partial charge in [0.05, 0.1) is 0 Å². The molecular formula is C33H36FN5O3. The first kappa shape index (κ1) is 27.8. The zero-order valence-corrected chi connectivity index (χ0v) is 23.7. The minimum Gasteiger partial charge on any atom is -0.490 e. The zero-order valence-electron chi connectivity index (χ0n) is 23.7. The molecule has 2 aliphatic heterocycles. The summed E-state index contributed by atoms with van der Waals surface area (Å²) < 4.78 is 19.2. The number of likely N-dealkylation sites (tertiary alicyclic amines) is 1. The van der Waals surface area contributed by atoms with Crippen molar-refractivity contribution in [2.45, 2.75) is 50.8 Å². The van der Waals surface area contributed by atoms with Crippen molar-refractivity contribution in [3.05, 3.63) is 95.4 Å². The van der Waals surface area contributed by atoms with Crippen molar-refractivity contribution in [2.75, 3.05) is 25.0 Å². The molecule has 0 saturated carbocycles. The molecule has 1 aromatic heterocycles. The number of carbonyl (C=O) groups is 2. The second-order valence-electron chi connectivity index (χ2n) is 11.2. The van der Waals surface area contributed by atoms with Crippen LogP contribution in [0.25, 0.3) is 10.9 Å². The number of hydrogen-bond acceptors (Lipinski definition) is 4. The Kier molecular flexibility index (Phi) is 8.10. The molecular weight excluding hydrogens is 533 g/mol. The molecule has 2 unspecified atom stereocenters. The van der Waals surface area contributed by atoms with Crippen LogP contribution in [-0.2, 0) is 17.8 Å². The van der Waals surface area contributed by atoms with E-state index in [0.717, 1.165) is 36.0 Å². The number of aromatic amines is 1. The number of fused-ring (bicyclic) bond motifs is 2. The molecule has 6 rings (SSSR count). The van der Waals surface area contributed by atoms with E-state index in [2.05, 4.69) is 27.0 Å². The molecule has 4 aromatic rings. The zero-order chi connectivity index (χ0) is 29.1. The van der Waals surface area contributed by atoms with Crippen LogP contribution in [0.2, 0.25) is 0 Å². The molecule has 0 bridgehead atoms. The third-order valence-electron chi connectivity index (χ3n) is 8.38. The SMILES string of the molecule is CC(c1c[nH]c2ccccc12)C(NC(=O)N1CCC(Oc2ccc(F)cc2)CC1)C(=O)Nc1ccc2c(c1)CNCC2. The van der Waals surface area contributed by atoms with E-state index in [1.54, 1.807) is 17.0 Å². The second-order valence-corrected chi connectivity index (χ2v) is 11.2. The van der Waals surface area contributed by atoms with Gasteiger partial charge in [-0.05, 0) is 72.1 Å². The molecule has 9 heteroatoms. The van der Waals surface area contributed by atoms with E-state index in [-0.39, 0.29) is 29.8 Å². The molecule has 1 saturated heterocycles. The first-order valence-electron chi connectivity index (χ1n) is 14.6. The predicted molar refractivity (Wildman–Crippen MR) is 161 cm³/mol. The molecule has 2 aliphatic rings. The average molecular weight is 570 g/mol. The third kappa shape index (κ3) is 6.11. The number of aromatic nitrogens is 1. The lowest BCUT2D eigenvalue weighted by Gasteiger charge is -2.34. The van der Waals surface area contributed by atoms with E-state index >= 15 is 0 Å². The fourth-order valence-corrected chi connectivity index (χ4v) is 5.95. The van der Waals surface area contributed by atoms with Gasteiger partial charge in [-0.3, -0.25) is 4.79 Å². The number of nitrogens with one attached hydrogen (secondary N) is 4. The maximum absolute atomic E-state index is 13.8. The van der Waals surface area contributed by atoms with Gasteiger partial charge in [0.15, 0.2) is 0 Å². The number of rotatable bonds is 7. The fraction of sp³-hybridized carbons (Fsp3) is 0.333. The van der Waals surface area contributed by atoms with Gasteiger partial charge >= 0.3 is 6.03 Å². The highest BCUT2D eigenvalue weighted by Crippen LogP contribution is 2.29. The van der Waals surface area contributed by atoms with Crippen molar-refractivity contribution in [1.29, 1.82) is 0 Å². The summed E-state index contributed by atoms with van der Waals surface area (Å²) in [6, 6.07) is 18.9. The molecule has 218 valence electrons. The Bertz CT molecular complexity index is 1560. The second kappa shape index (κ2) is 12.2. The number of anilines is 1. The normalized spacial score (nSPS) is 16.9. The van der Waals surface area contributed by atoms with Gasteiger partial charge in [0.1, 0.15) is 23.7 Å². The molecule has 1 fully saturated rings. The lowest BCUT2D eigenvalue weighted by molar-refractivity contribution is -0.118. The van der Waals surface area contributed by atoms with Crippen LogP contribution in [-0.4, -0.2) is 53.6 Å². The smallest absolute Gasteiger partial charge is 0.318 e. The van der Waals surface area contributed by atoms with Crippen LogP contribution < -0.4 is 20.7 Å². The summed E-state index contributed by atoms with van der Waals surface area (Å²) in [5.74, 6) is -0.261. The van der Waals surface area contributed by atoms with Crippen molar-refractivity contribution >= 4 is 28.5 Å². The summed E-state index contributed by atoms with van der Waals surface area (Å²) in [6.45, 7) is 4.67. The van der Waals surface area contributed by atoms with E-state index < -0.39 is 6.04 Å². The topological polar surface area (TPSA) is 98.5 Å². The van der Waals surface area contributed by atoms with Crippen molar-refractivity contribution in [1.82, 2.24) is 20.5 Å². The molecule has 0 aliphatic carbocycles. The van der Waals surface area contributed by atoms with Crippen LogP contribution in [0.4, 0.5) is 14.9 Å². The molecule has 3 aromatic carbocycles. The monoisotopic (exact) mass is 569 g/mol. The number of para-hydroxylation sites is 1. The van der Waals surface area contributed by atoms with E-state index in [0.29, 0.717) is 37.4 Å². The number of carbonyl (C=O) groups excluding carboxylic acids is 2. The lowest BCUT2D eigenvalue weighted by Crippen LogP contribution is -2.53. The van der Waals surface area contributed by atoms with Crippen molar-refractivity contribution in [3.63, 3.8) is 0 Å². The molecule has 0 spiro atoms. The average Bonchev–Trinajstić information content (AvgIpc) is 3.45. The van der Waals surface area contributed by atoms with Crippen molar-refractivity contribution in [2.24, 2.45) is 0 Å². The molecule has 0 radical (unpaired) electrons. The van der Waals surface area contributed by atoms with Crippen LogP contribution >= 0.6 is 0 Å². The number of hydrogen-bond donors (Lipinski definition) is 4. The highest BCUT2D eigenvalue weighted by Gasteiger charge is 2.33.